The van der Waals surface area contributed by atoms with Gasteiger partial charge in [-0.2, -0.15) is 4.98 Å². The second kappa shape index (κ2) is 7.14. The fourth-order valence-corrected chi connectivity index (χ4v) is 2.28. The van der Waals surface area contributed by atoms with E-state index in [9.17, 15) is 4.79 Å². The summed E-state index contributed by atoms with van der Waals surface area (Å²) in [4.78, 5) is 16.5. The van der Waals surface area contributed by atoms with Gasteiger partial charge in [-0.15, -0.1) is 0 Å². The number of aromatic nitrogens is 2. The lowest BCUT2D eigenvalue weighted by Crippen LogP contribution is -2.13. The number of carbonyl (C=O) groups is 1. The first-order valence-electron chi connectivity index (χ1n) is 7.20. The highest BCUT2D eigenvalue weighted by Crippen LogP contribution is 2.22. The standard InChI is InChI=1S/C17H14ClN3O3/c1-11-19-16(21-24-11)10-23-15-8-3-2-7-14(15)17(22)20-13-6-4-5-12(18)9-13/h2-9H,10H2,1H3,(H,20,22). The van der Waals surface area contributed by atoms with Crippen LogP contribution < -0.4 is 10.1 Å². The van der Waals surface area contributed by atoms with Gasteiger partial charge in [0.2, 0.25) is 11.7 Å². The van der Waals surface area contributed by atoms with Crippen LogP contribution in [0.1, 0.15) is 22.1 Å². The van der Waals surface area contributed by atoms with Gasteiger partial charge in [-0.05, 0) is 30.3 Å². The van der Waals surface area contributed by atoms with Crippen LogP contribution in [0.5, 0.6) is 5.75 Å². The summed E-state index contributed by atoms with van der Waals surface area (Å²) >= 11 is 5.93. The Morgan fingerprint density at radius 1 is 1.25 bits per heavy atom. The Hall–Kier alpha value is -2.86. The molecule has 0 aliphatic carbocycles. The molecule has 0 saturated carbocycles. The van der Waals surface area contributed by atoms with E-state index in [4.69, 9.17) is 20.9 Å². The number of benzene rings is 2. The maximum atomic E-state index is 12.5. The number of nitrogens with one attached hydrogen (secondary N) is 1. The van der Waals surface area contributed by atoms with E-state index in [2.05, 4.69) is 15.5 Å². The molecule has 0 unspecified atom stereocenters. The molecule has 0 aliphatic rings. The predicted octanol–water partition coefficient (Wildman–Crippen LogP) is 3.86. The molecule has 24 heavy (non-hydrogen) atoms. The van der Waals surface area contributed by atoms with Crippen molar-refractivity contribution in [3.8, 4) is 5.75 Å². The van der Waals surface area contributed by atoms with Gasteiger partial charge in [-0.3, -0.25) is 4.79 Å². The van der Waals surface area contributed by atoms with Gasteiger partial charge in [-0.25, -0.2) is 0 Å². The predicted molar refractivity (Wildman–Crippen MR) is 89.2 cm³/mol. The molecule has 7 heteroatoms. The van der Waals surface area contributed by atoms with Crippen LogP contribution in [-0.2, 0) is 6.61 Å². The van der Waals surface area contributed by atoms with Gasteiger partial charge < -0.3 is 14.6 Å². The Morgan fingerprint density at radius 2 is 2.08 bits per heavy atom. The van der Waals surface area contributed by atoms with Crippen molar-refractivity contribution in [2.75, 3.05) is 5.32 Å². The summed E-state index contributed by atoms with van der Waals surface area (Å²) in [5.74, 6) is 1.01. The molecule has 0 saturated heterocycles. The Balaban J connectivity index is 1.74. The van der Waals surface area contributed by atoms with Crippen LogP contribution in [-0.4, -0.2) is 16.0 Å². The minimum absolute atomic E-state index is 0.110. The topological polar surface area (TPSA) is 77.2 Å². The molecule has 6 nitrogen and oxygen atoms in total. The van der Waals surface area contributed by atoms with E-state index in [1.807, 2.05) is 0 Å². The third kappa shape index (κ3) is 3.91. The third-order valence-corrected chi connectivity index (χ3v) is 3.38. The molecule has 1 amide bonds. The van der Waals surface area contributed by atoms with Crippen LogP contribution in [0.4, 0.5) is 5.69 Å². The van der Waals surface area contributed by atoms with Crippen LogP contribution in [0.25, 0.3) is 0 Å². The minimum atomic E-state index is -0.294. The SMILES string of the molecule is Cc1nc(COc2ccccc2C(=O)Nc2cccc(Cl)c2)no1. The molecule has 0 aliphatic heterocycles. The summed E-state index contributed by atoms with van der Waals surface area (Å²) < 4.78 is 10.5. The number of para-hydroxylation sites is 1. The van der Waals surface area contributed by atoms with Crippen molar-refractivity contribution in [2.45, 2.75) is 13.5 Å². The van der Waals surface area contributed by atoms with Crippen molar-refractivity contribution >= 4 is 23.2 Å². The molecular formula is C17H14ClN3O3. The zero-order valence-corrected chi connectivity index (χ0v) is 13.6. The molecule has 3 aromatic rings. The Labute approximate surface area is 143 Å². The number of hydrogen-bond acceptors (Lipinski definition) is 5. The van der Waals surface area contributed by atoms with Crippen LogP contribution in [0.2, 0.25) is 5.02 Å². The number of carbonyl (C=O) groups excluding carboxylic acids is 1. The molecule has 1 heterocycles. The van der Waals surface area contributed by atoms with Crippen molar-refractivity contribution < 1.29 is 14.1 Å². The first kappa shape index (κ1) is 16.0. The van der Waals surface area contributed by atoms with Gasteiger partial charge in [0, 0.05) is 17.6 Å². The van der Waals surface area contributed by atoms with Gasteiger partial charge in [0.15, 0.2) is 6.61 Å². The number of rotatable bonds is 5. The fourth-order valence-electron chi connectivity index (χ4n) is 2.09. The summed E-state index contributed by atoms with van der Waals surface area (Å²) in [6.45, 7) is 1.81. The first-order chi connectivity index (χ1) is 11.6. The second-order valence-corrected chi connectivity index (χ2v) is 5.42. The Morgan fingerprint density at radius 3 is 2.83 bits per heavy atom. The quantitative estimate of drug-likeness (QED) is 0.761. The molecule has 1 N–H and O–H groups in total. The summed E-state index contributed by atoms with van der Waals surface area (Å²) in [7, 11) is 0. The zero-order chi connectivity index (χ0) is 16.9. The highest BCUT2D eigenvalue weighted by atomic mass is 35.5. The van der Waals surface area contributed by atoms with Crippen LogP contribution in [0.3, 0.4) is 0 Å². The molecule has 122 valence electrons. The molecule has 1 aromatic heterocycles. The maximum absolute atomic E-state index is 12.5. The average Bonchev–Trinajstić information content (AvgIpc) is 2.99. The molecule has 0 atom stereocenters. The number of halogens is 1. The van der Waals surface area contributed by atoms with Gasteiger partial charge in [-0.1, -0.05) is 35.0 Å². The molecule has 2 aromatic carbocycles. The van der Waals surface area contributed by atoms with E-state index in [0.29, 0.717) is 33.7 Å². The van der Waals surface area contributed by atoms with E-state index >= 15 is 0 Å². The molecule has 0 bridgehead atoms. The molecule has 0 radical (unpaired) electrons. The number of hydrogen-bond donors (Lipinski definition) is 1. The fraction of sp³-hybridized carbons (Fsp3) is 0.118. The molecular weight excluding hydrogens is 330 g/mol. The second-order valence-electron chi connectivity index (χ2n) is 4.98. The molecule has 3 rings (SSSR count). The normalized spacial score (nSPS) is 10.4. The van der Waals surface area contributed by atoms with Crippen molar-refractivity contribution in [1.82, 2.24) is 10.1 Å². The van der Waals surface area contributed by atoms with E-state index in [1.165, 1.54) is 0 Å². The number of ether oxygens (including phenoxy) is 1. The average molecular weight is 344 g/mol. The van der Waals surface area contributed by atoms with E-state index in [0.717, 1.165) is 0 Å². The Bertz CT molecular complexity index is 864. The van der Waals surface area contributed by atoms with Crippen LogP contribution >= 0.6 is 11.6 Å². The van der Waals surface area contributed by atoms with Crippen molar-refractivity contribution in [2.24, 2.45) is 0 Å². The number of anilines is 1. The molecule has 0 fully saturated rings. The lowest BCUT2D eigenvalue weighted by Gasteiger charge is -2.10. The van der Waals surface area contributed by atoms with Crippen molar-refractivity contribution in [1.29, 1.82) is 0 Å². The monoisotopic (exact) mass is 343 g/mol. The van der Waals surface area contributed by atoms with E-state index in [-0.39, 0.29) is 12.5 Å². The summed E-state index contributed by atoms with van der Waals surface area (Å²) in [5.41, 5.74) is 1.01. The van der Waals surface area contributed by atoms with E-state index in [1.54, 1.807) is 55.5 Å². The zero-order valence-electron chi connectivity index (χ0n) is 12.8. The number of amides is 1. The van der Waals surface area contributed by atoms with E-state index < -0.39 is 0 Å². The lowest BCUT2D eigenvalue weighted by molar-refractivity contribution is 0.102. The van der Waals surface area contributed by atoms with Crippen LogP contribution in [0.15, 0.2) is 53.1 Å². The van der Waals surface area contributed by atoms with Gasteiger partial charge in [0.05, 0.1) is 5.56 Å². The minimum Gasteiger partial charge on any atom is -0.485 e. The highest BCUT2D eigenvalue weighted by Gasteiger charge is 2.13. The van der Waals surface area contributed by atoms with Crippen LogP contribution in [0, 0.1) is 6.92 Å². The van der Waals surface area contributed by atoms with Crippen molar-refractivity contribution in [3.05, 3.63) is 70.8 Å². The lowest BCUT2D eigenvalue weighted by atomic mass is 10.2. The Kier molecular flexibility index (Phi) is 4.77. The summed E-state index contributed by atoms with van der Waals surface area (Å²) in [5, 5.41) is 7.09. The third-order valence-electron chi connectivity index (χ3n) is 3.14. The van der Waals surface area contributed by atoms with Gasteiger partial charge in [0.25, 0.3) is 5.91 Å². The summed E-state index contributed by atoms with van der Waals surface area (Å²) in [6, 6.07) is 13.9. The van der Waals surface area contributed by atoms with Gasteiger partial charge >= 0.3 is 0 Å². The number of nitrogens with zero attached hydrogens (tertiary/aromatic N) is 2. The molecule has 0 spiro atoms. The largest absolute Gasteiger partial charge is 0.485 e. The first-order valence-corrected chi connectivity index (χ1v) is 7.57. The smallest absolute Gasteiger partial charge is 0.259 e. The highest BCUT2D eigenvalue weighted by molar-refractivity contribution is 6.31. The van der Waals surface area contributed by atoms with Gasteiger partial charge in [0.1, 0.15) is 5.75 Å². The maximum Gasteiger partial charge on any atom is 0.259 e. The van der Waals surface area contributed by atoms with Crippen molar-refractivity contribution in [3.63, 3.8) is 0 Å². The number of aryl methyl sites for hydroxylation is 1. The summed E-state index contributed by atoms with van der Waals surface area (Å²) in [6.07, 6.45) is 0.